The summed E-state index contributed by atoms with van der Waals surface area (Å²) in [6.07, 6.45) is 0. The largest absolute Gasteiger partial charge is 0.329 e. The first-order valence-corrected chi connectivity index (χ1v) is 5.83. The minimum Gasteiger partial charge on any atom is -0.329 e. The van der Waals surface area contributed by atoms with Crippen LogP contribution in [0.15, 0.2) is 30.4 Å². The van der Waals surface area contributed by atoms with Crippen LogP contribution in [0.2, 0.25) is 10.0 Å². The van der Waals surface area contributed by atoms with Crippen LogP contribution in [-0.2, 0) is 0 Å². The van der Waals surface area contributed by atoms with Gasteiger partial charge < -0.3 is 11.1 Å². The van der Waals surface area contributed by atoms with Crippen molar-refractivity contribution in [3.05, 3.63) is 46.0 Å². The van der Waals surface area contributed by atoms with Crippen LogP contribution in [-0.4, -0.2) is 13.1 Å². The summed E-state index contributed by atoms with van der Waals surface area (Å²) < 4.78 is 0. The molecule has 0 saturated carbocycles. The average Bonchev–Trinajstić information content (AvgIpc) is 2.23. The Kier molecular flexibility index (Phi) is 5.29. The summed E-state index contributed by atoms with van der Waals surface area (Å²) in [5.74, 6) is 0. The van der Waals surface area contributed by atoms with Gasteiger partial charge in [-0.25, -0.2) is 0 Å². The molecular formula is C12H16Cl2N2. The average molecular weight is 259 g/mol. The Labute approximate surface area is 106 Å². The van der Waals surface area contributed by atoms with E-state index in [1.807, 2.05) is 19.1 Å². The molecule has 2 nitrogen and oxygen atoms in total. The second-order valence-corrected chi connectivity index (χ2v) is 4.61. The van der Waals surface area contributed by atoms with Crippen molar-refractivity contribution in [3.63, 3.8) is 0 Å². The molecule has 1 rings (SSSR count). The highest BCUT2D eigenvalue weighted by Crippen LogP contribution is 2.25. The first-order valence-electron chi connectivity index (χ1n) is 5.07. The van der Waals surface area contributed by atoms with Gasteiger partial charge in [0.05, 0.1) is 10.0 Å². The third-order valence-electron chi connectivity index (χ3n) is 2.23. The molecule has 0 fully saturated rings. The van der Waals surface area contributed by atoms with Gasteiger partial charge in [-0.1, -0.05) is 41.4 Å². The number of nitrogens with two attached hydrogens (primary N) is 1. The van der Waals surface area contributed by atoms with Gasteiger partial charge in [-0.05, 0) is 24.6 Å². The number of hydrogen-bond donors (Lipinski definition) is 2. The number of nitrogens with one attached hydrogen (secondary N) is 1. The zero-order valence-corrected chi connectivity index (χ0v) is 10.8. The number of rotatable bonds is 5. The quantitative estimate of drug-likeness (QED) is 0.797. The van der Waals surface area contributed by atoms with Gasteiger partial charge in [-0.2, -0.15) is 0 Å². The molecule has 1 unspecified atom stereocenters. The van der Waals surface area contributed by atoms with Gasteiger partial charge in [0.1, 0.15) is 0 Å². The Bertz CT molecular complexity index is 377. The van der Waals surface area contributed by atoms with Gasteiger partial charge in [0.2, 0.25) is 0 Å². The van der Waals surface area contributed by atoms with Gasteiger partial charge in [0.15, 0.2) is 0 Å². The van der Waals surface area contributed by atoms with Crippen molar-refractivity contribution >= 4 is 23.2 Å². The molecule has 0 saturated heterocycles. The molecule has 1 aromatic rings. The fourth-order valence-electron chi connectivity index (χ4n) is 1.36. The van der Waals surface area contributed by atoms with Crippen LogP contribution >= 0.6 is 23.2 Å². The Hall–Kier alpha value is -0.540. The monoisotopic (exact) mass is 258 g/mol. The van der Waals surface area contributed by atoms with E-state index < -0.39 is 0 Å². The number of halogens is 2. The van der Waals surface area contributed by atoms with Gasteiger partial charge in [0, 0.05) is 19.1 Å². The molecule has 4 heteroatoms. The van der Waals surface area contributed by atoms with Crippen LogP contribution in [0.1, 0.15) is 18.5 Å². The summed E-state index contributed by atoms with van der Waals surface area (Å²) in [6, 6.07) is 5.63. The molecule has 0 radical (unpaired) electrons. The van der Waals surface area contributed by atoms with E-state index in [4.69, 9.17) is 28.9 Å². The number of hydrogen-bond acceptors (Lipinski definition) is 2. The molecule has 0 amide bonds. The molecule has 3 N–H and O–H groups in total. The van der Waals surface area contributed by atoms with E-state index in [1.54, 1.807) is 6.07 Å². The van der Waals surface area contributed by atoms with Crippen molar-refractivity contribution < 1.29 is 0 Å². The van der Waals surface area contributed by atoms with Gasteiger partial charge >= 0.3 is 0 Å². The Balaban J connectivity index is 2.78. The fourth-order valence-corrected chi connectivity index (χ4v) is 1.67. The molecule has 0 aromatic heterocycles. The van der Waals surface area contributed by atoms with E-state index in [0.29, 0.717) is 16.6 Å². The summed E-state index contributed by atoms with van der Waals surface area (Å²) in [4.78, 5) is 0. The molecule has 0 spiro atoms. The Morgan fingerprint density at radius 1 is 1.44 bits per heavy atom. The van der Waals surface area contributed by atoms with Crippen molar-refractivity contribution in [1.82, 2.24) is 5.32 Å². The minimum atomic E-state index is 0.0754. The second-order valence-electron chi connectivity index (χ2n) is 3.80. The molecular weight excluding hydrogens is 243 g/mol. The van der Waals surface area contributed by atoms with E-state index in [2.05, 4.69) is 11.9 Å². The van der Waals surface area contributed by atoms with Crippen molar-refractivity contribution in [2.45, 2.75) is 13.0 Å². The molecule has 16 heavy (non-hydrogen) atoms. The summed E-state index contributed by atoms with van der Waals surface area (Å²) in [6.45, 7) is 7.05. The Morgan fingerprint density at radius 2 is 2.12 bits per heavy atom. The molecule has 0 bridgehead atoms. The summed E-state index contributed by atoms with van der Waals surface area (Å²) in [5.41, 5.74) is 7.82. The maximum atomic E-state index is 5.96. The van der Waals surface area contributed by atoms with Crippen LogP contribution in [0.3, 0.4) is 0 Å². The van der Waals surface area contributed by atoms with Crippen LogP contribution in [0.25, 0.3) is 0 Å². The van der Waals surface area contributed by atoms with E-state index in [0.717, 1.165) is 17.7 Å². The summed E-state index contributed by atoms with van der Waals surface area (Å²) in [5, 5.41) is 4.41. The molecule has 88 valence electrons. The third-order valence-corrected chi connectivity index (χ3v) is 2.97. The maximum Gasteiger partial charge on any atom is 0.0595 e. The van der Waals surface area contributed by atoms with Gasteiger partial charge in [-0.15, -0.1) is 0 Å². The van der Waals surface area contributed by atoms with Crippen LogP contribution < -0.4 is 11.1 Å². The Morgan fingerprint density at radius 3 is 2.62 bits per heavy atom. The zero-order chi connectivity index (χ0) is 12.1. The smallest absolute Gasteiger partial charge is 0.0595 e. The SMILES string of the molecule is C=C(C)CNC(CN)c1ccc(Cl)c(Cl)c1. The standard InChI is InChI=1S/C12H16Cl2N2/c1-8(2)7-16-12(6-15)9-3-4-10(13)11(14)5-9/h3-5,12,16H,1,6-7,15H2,2H3. The van der Waals surface area contributed by atoms with E-state index in [9.17, 15) is 0 Å². The summed E-state index contributed by atoms with van der Waals surface area (Å²) >= 11 is 11.8. The molecule has 0 aliphatic heterocycles. The second kappa shape index (κ2) is 6.26. The summed E-state index contributed by atoms with van der Waals surface area (Å²) in [7, 11) is 0. The van der Waals surface area contributed by atoms with Crippen molar-refractivity contribution in [2.75, 3.05) is 13.1 Å². The lowest BCUT2D eigenvalue weighted by molar-refractivity contribution is 0.569. The highest BCUT2D eigenvalue weighted by molar-refractivity contribution is 6.42. The highest BCUT2D eigenvalue weighted by atomic mass is 35.5. The van der Waals surface area contributed by atoms with E-state index in [-0.39, 0.29) is 6.04 Å². The third kappa shape index (κ3) is 3.80. The fraction of sp³-hybridized carbons (Fsp3) is 0.333. The predicted molar refractivity (Wildman–Crippen MR) is 71.1 cm³/mol. The first kappa shape index (κ1) is 13.5. The normalized spacial score (nSPS) is 12.5. The number of benzene rings is 1. The van der Waals surface area contributed by atoms with Crippen molar-refractivity contribution in [3.8, 4) is 0 Å². The first-order chi connectivity index (χ1) is 7.54. The molecule has 0 heterocycles. The zero-order valence-electron chi connectivity index (χ0n) is 9.26. The van der Waals surface area contributed by atoms with E-state index in [1.165, 1.54) is 0 Å². The van der Waals surface area contributed by atoms with Crippen LogP contribution in [0.4, 0.5) is 0 Å². The van der Waals surface area contributed by atoms with Crippen molar-refractivity contribution in [1.29, 1.82) is 0 Å². The highest BCUT2D eigenvalue weighted by Gasteiger charge is 2.10. The van der Waals surface area contributed by atoms with E-state index >= 15 is 0 Å². The lowest BCUT2D eigenvalue weighted by atomic mass is 10.1. The molecule has 1 aromatic carbocycles. The maximum absolute atomic E-state index is 5.96. The van der Waals surface area contributed by atoms with Crippen molar-refractivity contribution in [2.24, 2.45) is 5.73 Å². The molecule has 0 aliphatic rings. The van der Waals surface area contributed by atoms with Gasteiger partial charge in [-0.3, -0.25) is 0 Å². The predicted octanol–water partition coefficient (Wildman–Crippen LogP) is 3.16. The van der Waals surface area contributed by atoms with Crippen LogP contribution in [0, 0.1) is 0 Å². The minimum absolute atomic E-state index is 0.0754. The lowest BCUT2D eigenvalue weighted by Gasteiger charge is -2.17. The van der Waals surface area contributed by atoms with Gasteiger partial charge in [0.25, 0.3) is 0 Å². The topological polar surface area (TPSA) is 38.0 Å². The van der Waals surface area contributed by atoms with Crippen LogP contribution in [0.5, 0.6) is 0 Å². The lowest BCUT2D eigenvalue weighted by Crippen LogP contribution is -2.29. The molecule has 0 aliphatic carbocycles. The molecule has 1 atom stereocenters.